The molecule has 0 bridgehead atoms. The SMILES string of the molecule is O=C(NC1CCCN(c2ncccn2)C1)C1CC(=O)N(c2ccc3c(c2)OCCO3)C1. The molecule has 0 aliphatic carbocycles. The molecule has 31 heavy (non-hydrogen) atoms. The van der Waals surface area contributed by atoms with Crippen LogP contribution in [-0.2, 0) is 9.59 Å². The minimum absolute atomic E-state index is 0.0171. The highest BCUT2D eigenvalue weighted by molar-refractivity contribution is 6.00. The molecule has 5 rings (SSSR count). The van der Waals surface area contributed by atoms with E-state index < -0.39 is 0 Å². The molecule has 2 aromatic rings. The summed E-state index contributed by atoms with van der Waals surface area (Å²) in [6.45, 7) is 2.91. The van der Waals surface area contributed by atoms with Gasteiger partial charge in [0.1, 0.15) is 13.2 Å². The number of rotatable bonds is 4. The molecule has 2 amide bonds. The van der Waals surface area contributed by atoms with Gasteiger partial charge >= 0.3 is 0 Å². The highest BCUT2D eigenvalue weighted by Gasteiger charge is 2.36. The first-order valence-corrected chi connectivity index (χ1v) is 10.7. The Kier molecular flexibility index (Phi) is 5.31. The minimum Gasteiger partial charge on any atom is -0.486 e. The van der Waals surface area contributed by atoms with Crippen LogP contribution in [0.2, 0.25) is 0 Å². The third-order valence-corrected chi connectivity index (χ3v) is 5.94. The van der Waals surface area contributed by atoms with Crippen LogP contribution >= 0.6 is 0 Å². The molecule has 2 atom stereocenters. The molecule has 0 spiro atoms. The second-order valence-corrected chi connectivity index (χ2v) is 8.08. The Balaban J connectivity index is 1.21. The van der Waals surface area contributed by atoms with Crippen LogP contribution in [0.3, 0.4) is 0 Å². The monoisotopic (exact) mass is 423 g/mol. The molecular weight excluding hydrogens is 398 g/mol. The van der Waals surface area contributed by atoms with E-state index in [1.54, 1.807) is 23.4 Å². The van der Waals surface area contributed by atoms with E-state index in [0.29, 0.717) is 43.8 Å². The number of nitrogens with zero attached hydrogens (tertiary/aromatic N) is 4. The number of carbonyl (C=O) groups excluding carboxylic acids is 2. The van der Waals surface area contributed by atoms with Gasteiger partial charge in [-0.1, -0.05) is 0 Å². The van der Waals surface area contributed by atoms with Gasteiger partial charge < -0.3 is 24.6 Å². The van der Waals surface area contributed by atoms with Crippen molar-refractivity contribution in [2.45, 2.75) is 25.3 Å². The summed E-state index contributed by atoms with van der Waals surface area (Å²) in [4.78, 5) is 37.9. The van der Waals surface area contributed by atoms with Crippen molar-refractivity contribution in [2.75, 3.05) is 42.6 Å². The lowest BCUT2D eigenvalue weighted by Gasteiger charge is -2.33. The fourth-order valence-electron chi connectivity index (χ4n) is 4.38. The van der Waals surface area contributed by atoms with Crippen molar-refractivity contribution in [1.82, 2.24) is 15.3 Å². The van der Waals surface area contributed by atoms with E-state index in [1.807, 2.05) is 18.2 Å². The second-order valence-electron chi connectivity index (χ2n) is 8.08. The van der Waals surface area contributed by atoms with Gasteiger partial charge in [-0.25, -0.2) is 9.97 Å². The number of ether oxygens (including phenoxy) is 2. The van der Waals surface area contributed by atoms with E-state index in [0.717, 1.165) is 25.1 Å². The van der Waals surface area contributed by atoms with E-state index in [4.69, 9.17) is 9.47 Å². The largest absolute Gasteiger partial charge is 0.486 e. The summed E-state index contributed by atoms with van der Waals surface area (Å²) < 4.78 is 11.2. The third-order valence-electron chi connectivity index (χ3n) is 5.94. The molecule has 9 nitrogen and oxygen atoms in total. The quantitative estimate of drug-likeness (QED) is 0.794. The summed E-state index contributed by atoms with van der Waals surface area (Å²) in [6, 6.07) is 7.27. The maximum absolute atomic E-state index is 12.9. The maximum atomic E-state index is 12.9. The van der Waals surface area contributed by atoms with Gasteiger partial charge in [-0.15, -0.1) is 0 Å². The number of aromatic nitrogens is 2. The lowest BCUT2D eigenvalue weighted by Crippen LogP contribution is -2.50. The van der Waals surface area contributed by atoms with Crippen molar-refractivity contribution in [2.24, 2.45) is 5.92 Å². The number of benzene rings is 1. The standard InChI is InChI=1S/C22H25N5O4/c28-20-11-15(13-27(20)17-4-5-18-19(12-17)31-10-9-30-18)21(29)25-16-3-1-8-26(14-16)22-23-6-2-7-24-22/h2,4-7,12,15-16H,1,3,8-11,13-14H2,(H,25,29). The van der Waals surface area contributed by atoms with Gasteiger partial charge in [0.2, 0.25) is 17.8 Å². The molecule has 0 radical (unpaired) electrons. The fraction of sp³-hybridized carbons (Fsp3) is 0.455. The number of amides is 2. The molecule has 4 heterocycles. The Morgan fingerprint density at radius 1 is 1.10 bits per heavy atom. The van der Waals surface area contributed by atoms with E-state index in [1.165, 1.54) is 0 Å². The zero-order valence-corrected chi connectivity index (χ0v) is 17.2. The van der Waals surface area contributed by atoms with Crippen LogP contribution < -0.4 is 24.6 Å². The number of nitrogens with one attached hydrogen (secondary N) is 1. The predicted molar refractivity (Wildman–Crippen MR) is 113 cm³/mol. The minimum atomic E-state index is -0.371. The molecular formula is C22H25N5O4. The number of fused-ring (bicyclic) bond motifs is 1. The lowest BCUT2D eigenvalue weighted by atomic mass is 10.0. The van der Waals surface area contributed by atoms with E-state index in [-0.39, 0.29) is 30.2 Å². The Hall–Kier alpha value is -3.36. The number of anilines is 2. The highest BCUT2D eigenvalue weighted by atomic mass is 16.6. The topological polar surface area (TPSA) is 96.9 Å². The molecule has 1 aromatic carbocycles. The Labute approximate surface area is 180 Å². The Morgan fingerprint density at radius 3 is 2.74 bits per heavy atom. The van der Waals surface area contributed by atoms with Crippen LogP contribution in [0.5, 0.6) is 11.5 Å². The van der Waals surface area contributed by atoms with Crippen molar-refractivity contribution >= 4 is 23.5 Å². The van der Waals surface area contributed by atoms with Gasteiger partial charge in [0.25, 0.3) is 0 Å². The van der Waals surface area contributed by atoms with Gasteiger partial charge in [-0.05, 0) is 31.0 Å². The summed E-state index contributed by atoms with van der Waals surface area (Å²) in [6.07, 6.45) is 5.51. The molecule has 0 saturated carbocycles. The smallest absolute Gasteiger partial charge is 0.227 e. The summed E-state index contributed by atoms with van der Waals surface area (Å²) in [7, 11) is 0. The van der Waals surface area contributed by atoms with Crippen molar-refractivity contribution < 1.29 is 19.1 Å². The van der Waals surface area contributed by atoms with Crippen LogP contribution in [0.25, 0.3) is 0 Å². The van der Waals surface area contributed by atoms with Gasteiger partial charge in [0, 0.05) is 56.2 Å². The fourth-order valence-corrected chi connectivity index (χ4v) is 4.38. The number of hydrogen-bond acceptors (Lipinski definition) is 7. The van der Waals surface area contributed by atoms with Crippen LogP contribution in [-0.4, -0.2) is 60.7 Å². The second kappa shape index (κ2) is 8.41. The average Bonchev–Trinajstić information content (AvgIpc) is 3.21. The normalized spacial score (nSPS) is 23.0. The highest BCUT2D eigenvalue weighted by Crippen LogP contribution is 2.36. The van der Waals surface area contributed by atoms with Gasteiger partial charge in [0.15, 0.2) is 11.5 Å². The first-order valence-electron chi connectivity index (χ1n) is 10.7. The van der Waals surface area contributed by atoms with Crippen molar-refractivity contribution in [1.29, 1.82) is 0 Å². The predicted octanol–water partition coefficient (Wildman–Crippen LogP) is 1.39. The van der Waals surface area contributed by atoms with Crippen LogP contribution in [0, 0.1) is 5.92 Å². The Morgan fingerprint density at radius 2 is 1.90 bits per heavy atom. The average molecular weight is 423 g/mol. The summed E-state index contributed by atoms with van der Waals surface area (Å²) in [5, 5.41) is 3.14. The zero-order chi connectivity index (χ0) is 21.2. The van der Waals surface area contributed by atoms with E-state index in [2.05, 4.69) is 20.2 Å². The molecule has 3 aliphatic heterocycles. The molecule has 1 N–H and O–H groups in total. The van der Waals surface area contributed by atoms with Crippen LogP contribution in [0.1, 0.15) is 19.3 Å². The Bertz CT molecular complexity index is 970. The van der Waals surface area contributed by atoms with Gasteiger partial charge in [0.05, 0.1) is 5.92 Å². The van der Waals surface area contributed by atoms with Gasteiger partial charge in [-0.3, -0.25) is 9.59 Å². The lowest BCUT2D eigenvalue weighted by molar-refractivity contribution is -0.127. The van der Waals surface area contributed by atoms with Crippen LogP contribution in [0.4, 0.5) is 11.6 Å². The van der Waals surface area contributed by atoms with Crippen molar-refractivity contribution in [3.05, 3.63) is 36.7 Å². The zero-order valence-electron chi connectivity index (χ0n) is 17.2. The first-order chi connectivity index (χ1) is 15.2. The van der Waals surface area contributed by atoms with E-state index in [9.17, 15) is 9.59 Å². The molecule has 1 aromatic heterocycles. The van der Waals surface area contributed by atoms with Gasteiger partial charge in [-0.2, -0.15) is 0 Å². The van der Waals surface area contributed by atoms with E-state index >= 15 is 0 Å². The number of carbonyl (C=O) groups is 2. The summed E-state index contributed by atoms with van der Waals surface area (Å²) in [5.41, 5.74) is 0.731. The summed E-state index contributed by atoms with van der Waals surface area (Å²) >= 11 is 0. The van der Waals surface area contributed by atoms with Crippen molar-refractivity contribution in [3.8, 4) is 11.5 Å². The number of hydrogen-bond donors (Lipinski definition) is 1. The molecule has 2 fully saturated rings. The third kappa shape index (κ3) is 4.12. The molecule has 3 aliphatic rings. The maximum Gasteiger partial charge on any atom is 0.227 e. The molecule has 162 valence electrons. The number of piperidine rings is 1. The van der Waals surface area contributed by atoms with Crippen molar-refractivity contribution in [3.63, 3.8) is 0 Å². The first kappa shape index (κ1) is 19.6. The van der Waals surface area contributed by atoms with Crippen LogP contribution in [0.15, 0.2) is 36.7 Å². The summed E-state index contributed by atoms with van der Waals surface area (Å²) in [5.74, 6) is 1.50. The molecule has 9 heteroatoms. The molecule has 2 unspecified atom stereocenters. The molecule has 2 saturated heterocycles.